The molecule has 0 aliphatic heterocycles. The van der Waals surface area contributed by atoms with Gasteiger partial charge >= 0.3 is 11.7 Å². The summed E-state index contributed by atoms with van der Waals surface area (Å²) in [6.07, 6.45) is 3.43. The maximum atomic E-state index is 12.1. The first-order valence-corrected chi connectivity index (χ1v) is 8.91. The molecule has 27 heavy (non-hydrogen) atoms. The molecular weight excluding hydrogens is 346 g/mol. The van der Waals surface area contributed by atoms with Gasteiger partial charge in [0.15, 0.2) is 0 Å². The van der Waals surface area contributed by atoms with Crippen molar-refractivity contribution < 1.29 is 4.79 Å². The molecule has 1 aromatic heterocycles. The predicted octanol–water partition coefficient (Wildman–Crippen LogP) is 0.223. The minimum absolute atomic E-state index is 0.121. The quantitative estimate of drug-likeness (QED) is 0.469. The number of carbonyl (C=O) groups excluding carboxylic acids is 1. The Bertz CT molecular complexity index is 781. The van der Waals surface area contributed by atoms with E-state index in [2.05, 4.69) is 15.2 Å². The number of nitrogens with two attached hydrogens (primary N) is 3. The summed E-state index contributed by atoms with van der Waals surface area (Å²) in [6, 6.07) is 8.44. The van der Waals surface area contributed by atoms with Crippen LogP contribution in [0.3, 0.4) is 0 Å². The predicted molar refractivity (Wildman–Crippen MR) is 106 cm³/mol. The monoisotopic (exact) mass is 373 g/mol. The van der Waals surface area contributed by atoms with Crippen LogP contribution in [0.4, 0.5) is 10.6 Å². The zero-order chi connectivity index (χ0) is 19.6. The molecule has 0 bridgehead atoms. The van der Waals surface area contributed by atoms with E-state index in [4.69, 9.17) is 17.2 Å². The van der Waals surface area contributed by atoms with Gasteiger partial charge in [-0.3, -0.25) is 14.8 Å². The van der Waals surface area contributed by atoms with Gasteiger partial charge in [-0.25, -0.2) is 9.59 Å². The van der Waals surface area contributed by atoms with Gasteiger partial charge in [-0.2, -0.15) is 4.98 Å². The van der Waals surface area contributed by atoms with Crippen molar-refractivity contribution in [1.82, 2.24) is 14.5 Å². The summed E-state index contributed by atoms with van der Waals surface area (Å²) in [5, 5.41) is 2.28. The van der Waals surface area contributed by atoms with Crippen molar-refractivity contribution in [2.45, 2.75) is 19.4 Å². The Hall–Kier alpha value is -2.75. The lowest BCUT2D eigenvalue weighted by Gasteiger charge is -2.22. The molecule has 0 atom stereocenters. The summed E-state index contributed by atoms with van der Waals surface area (Å²) < 4.78 is 1.40. The molecule has 9 heteroatoms. The third kappa shape index (κ3) is 6.48. The molecule has 2 aromatic rings. The number of amides is 2. The van der Waals surface area contributed by atoms with Crippen molar-refractivity contribution in [3.8, 4) is 5.69 Å². The second-order valence-corrected chi connectivity index (χ2v) is 6.18. The van der Waals surface area contributed by atoms with E-state index in [1.807, 2.05) is 24.3 Å². The molecule has 0 saturated carbocycles. The maximum Gasteiger partial charge on any atom is 0.354 e. The number of nitrogens with zero attached hydrogens (tertiary/aromatic N) is 3. The van der Waals surface area contributed by atoms with Crippen LogP contribution in [0, 0.1) is 0 Å². The molecule has 1 heterocycles. The average molecular weight is 373 g/mol. The third-order valence-electron chi connectivity index (χ3n) is 4.03. The average Bonchev–Trinajstić information content (AvgIpc) is 2.64. The van der Waals surface area contributed by atoms with E-state index >= 15 is 0 Å². The van der Waals surface area contributed by atoms with Gasteiger partial charge in [-0.05, 0) is 62.8 Å². The van der Waals surface area contributed by atoms with Crippen molar-refractivity contribution >= 4 is 11.8 Å². The van der Waals surface area contributed by atoms with E-state index in [-0.39, 0.29) is 5.82 Å². The van der Waals surface area contributed by atoms with E-state index in [9.17, 15) is 9.59 Å². The SMILES string of the molecule is NCCCN(CCCN)Cc1ccc(-n2ccc(NC(N)=O)nc2=O)cc1. The smallest absolute Gasteiger partial charge is 0.351 e. The standard InChI is InChI=1S/C18H27N7O2/c19-8-1-10-24(11-2-9-20)13-14-3-5-15(6-4-14)25-12-7-16(22-17(21)26)23-18(25)27/h3-7,12H,1-2,8-11,13,19-20H2,(H3,21,22,23,26,27). The number of nitrogens with one attached hydrogen (secondary N) is 1. The van der Waals surface area contributed by atoms with Crippen LogP contribution in [0.15, 0.2) is 41.3 Å². The van der Waals surface area contributed by atoms with Gasteiger partial charge in [-0.15, -0.1) is 0 Å². The number of hydrogen-bond donors (Lipinski definition) is 4. The van der Waals surface area contributed by atoms with E-state index in [0.29, 0.717) is 18.8 Å². The van der Waals surface area contributed by atoms with Crippen molar-refractivity contribution in [3.05, 3.63) is 52.6 Å². The fourth-order valence-corrected chi connectivity index (χ4v) is 2.72. The second-order valence-electron chi connectivity index (χ2n) is 6.18. The summed E-state index contributed by atoms with van der Waals surface area (Å²) in [7, 11) is 0. The zero-order valence-corrected chi connectivity index (χ0v) is 15.3. The van der Waals surface area contributed by atoms with Gasteiger partial charge in [0.05, 0.1) is 5.69 Å². The Balaban J connectivity index is 2.09. The van der Waals surface area contributed by atoms with Crippen LogP contribution in [0.1, 0.15) is 18.4 Å². The van der Waals surface area contributed by atoms with Gasteiger partial charge in [0, 0.05) is 12.7 Å². The van der Waals surface area contributed by atoms with E-state index in [0.717, 1.165) is 38.0 Å². The fourth-order valence-electron chi connectivity index (χ4n) is 2.72. The van der Waals surface area contributed by atoms with Crippen molar-refractivity contribution in [2.75, 3.05) is 31.5 Å². The molecule has 0 radical (unpaired) electrons. The molecule has 0 unspecified atom stereocenters. The zero-order valence-electron chi connectivity index (χ0n) is 15.3. The molecule has 0 aliphatic rings. The van der Waals surface area contributed by atoms with Gasteiger partial charge in [0.1, 0.15) is 5.82 Å². The number of anilines is 1. The minimum Gasteiger partial charge on any atom is -0.351 e. The number of primary amides is 1. The summed E-state index contributed by atoms with van der Waals surface area (Å²) in [5.74, 6) is 0.121. The highest BCUT2D eigenvalue weighted by Crippen LogP contribution is 2.11. The van der Waals surface area contributed by atoms with Gasteiger partial charge in [-0.1, -0.05) is 12.1 Å². The Morgan fingerprint density at radius 1 is 1.07 bits per heavy atom. The topological polar surface area (TPSA) is 145 Å². The molecular formula is C18H27N7O2. The highest BCUT2D eigenvalue weighted by molar-refractivity contribution is 5.86. The fraction of sp³-hybridized carbons (Fsp3) is 0.389. The Morgan fingerprint density at radius 3 is 2.22 bits per heavy atom. The van der Waals surface area contributed by atoms with Gasteiger partial charge in [0.2, 0.25) is 0 Å². The summed E-state index contributed by atoms with van der Waals surface area (Å²) >= 11 is 0. The lowest BCUT2D eigenvalue weighted by molar-refractivity contribution is 0.259. The third-order valence-corrected chi connectivity index (χ3v) is 4.03. The van der Waals surface area contributed by atoms with Crippen LogP contribution in [-0.4, -0.2) is 46.7 Å². The molecule has 2 rings (SSSR count). The Morgan fingerprint density at radius 2 is 1.70 bits per heavy atom. The first-order valence-electron chi connectivity index (χ1n) is 8.91. The number of urea groups is 1. The Kier molecular flexibility index (Phi) is 7.93. The van der Waals surface area contributed by atoms with Crippen LogP contribution in [-0.2, 0) is 6.54 Å². The molecule has 0 spiro atoms. The number of rotatable bonds is 10. The molecule has 0 saturated heterocycles. The number of benzene rings is 1. The van der Waals surface area contributed by atoms with E-state index < -0.39 is 11.7 Å². The molecule has 2 amide bonds. The molecule has 7 N–H and O–H groups in total. The Labute approximate surface area is 158 Å². The summed E-state index contributed by atoms with van der Waals surface area (Å²) in [4.78, 5) is 29.1. The normalized spacial score (nSPS) is 10.9. The van der Waals surface area contributed by atoms with Crippen molar-refractivity contribution in [1.29, 1.82) is 0 Å². The second kappa shape index (κ2) is 10.4. The first kappa shape index (κ1) is 20.6. The maximum absolute atomic E-state index is 12.1. The van der Waals surface area contributed by atoms with Crippen LogP contribution in [0.25, 0.3) is 5.69 Å². The van der Waals surface area contributed by atoms with Crippen LogP contribution < -0.4 is 28.2 Å². The van der Waals surface area contributed by atoms with E-state index in [1.54, 1.807) is 6.20 Å². The van der Waals surface area contributed by atoms with Crippen LogP contribution >= 0.6 is 0 Å². The van der Waals surface area contributed by atoms with Gasteiger partial charge in [0.25, 0.3) is 0 Å². The van der Waals surface area contributed by atoms with E-state index in [1.165, 1.54) is 10.6 Å². The highest BCUT2D eigenvalue weighted by atomic mass is 16.2. The van der Waals surface area contributed by atoms with Crippen LogP contribution in [0.2, 0.25) is 0 Å². The largest absolute Gasteiger partial charge is 0.354 e. The lowest BCUT2D eigenvalue weighted by Crippen LogP contribution is -2.28. The summed E-state index contributed by atoms with van der Waals surface area (Å²) in [6.45, 7) is 3.98. The molecule has 9 nitrogen and oxygen atoms in total. The van der Waals surface area contributed by atoms with Crippen LogP contribution in [0.5, 0.6) is 0 Å². The molecule has 0 fully saturated rings. The number of hydrogen-bond acceptors (Lipinski definition) is 6. The molecule has 146 valence electrons. The number of aromatic nitrogens is 2. The molecule has 1 aromatic carbocycles. The number of carbonyl (C=O) groups is 1. The molecule has 0 aliphatic carbocycles. The first-order chi connectivity index (χ1) is 13.0. The van der Waals surface area contributed by atoms with Crippen molar-refractivity contribution in [2.24, 2.45) is 17.2 Å². The summed E-state index contributed by atoms with van der Waals surface area (Å²) in [5.41, 5.74) is 17.6. The highest BCUT2D eigenvalue weighted by Gasteiger charge is 2.07. The van der Waals surface area contributed by atoms with Gasteiger partial charge < -0.3 is 17.2 Å². The van der Waals surface area contributed by atoms with Crippen molar-refractivity contribution in [3.63, 3.8) is 0 Å². The minimum atomic E-state index is -0.766. The lowest BCUT2D eigenvalue weighted by atomic mass is 10.1.